The van der Waals surface area contributed by atoms with Crippen molar-refractivity contribution in [3.05, 3.63) is 11.9 Å². The highest BCUT2D eigenvalue weighted by Crippen LogP contribution is 2.15. The highest BCUT2D eigenvalue weighted by Gasteiger charge is 2.21. The second kappa shape index (κ2) is 8.61. The Morgan fingerprint density at radius 2 is 1.95 bits per heavy atom. The molecule has 0 bridgehead atoms. The van der Waals surface area contributed by atoms with Crippen LogP contribution in [0, 0.1) is 5.92 Å². The molecule has 0 aliphatic heterocycles. The molecule has 7 heteroatoms. The van der Waals surface area contributed by atoms with Crippen LogP contribution in [0.4, 0.5) is 9.18 Å². The first-order valence-corrected chi connectivity index (χ1v) is 6.77. The van der Waals surface area contributed by atoms with Crippen molar-refractivity contribution in [1.82, 2.24) is 5.32 Å². The molecule has 3 N–H and O–H groups in total. The number of aliphatic hydroxyl groups excluding tert-OH is 1. The molecule has 0 fully saturated rings. The Balaban J connectivity index is 4.65. The normalized spacial score (nSPS) is 15.2. The summed E-state index contributed by atoms with van der Waals surface area (Å²) in [6.07, 6.45) is 0.549. The van der Waals surface area contributed by atoms with Gasteiger partial charge in [0.2, 0.25) is 0 Å². The molecule has 0 saturated heterocycles. The molecule has 0 rings (SSSR count). The molecule has 0 radical (unpaired) electrons. The lowest BCUT2D eigenvalue weighted by molar-refractivity contribution is -0.140. The summed E-state index contributed by atoms with van der Waals surface area (Å²) in [5.74, 6) is -2.98. The molecule has 0 aliphatic carbocycles. The Morgan fingerprint density at radius 1 is 1.38 bits per heavy atom. The van der Waals surface area contributed by atoms with Gasteiger partial charge in [0.25, 0.3) is 0 Å². The molecule has 0 saturated carbocycles. The van der Waals surface area contributed by atoms with Crippen molar-refractivity contribution in [1.29, 1.82) is 0 Å². The SMILES string of the molecule is CC(NC(=O)OC(C)(C)C)C(F)=CC(CCCO)C(=O)O. The van der Waals surface area contributed by atoms with Gasteiger partial charge in [-0.05, 0) is 46.6 Å². The molecule has 0 aliphatic rings. The van der Waals surface area contributed by atoms with Gasteiger partial charge < -0.3 is 20.3 Å². The number of carbonyl (C=O) groups excluding carboxylic acids is 1. The van der Waals surface area contributed by atoms with Crippen molar-refractivity contribution in [2.45, 2.75) is 52.2 Å². The van der Waals surface area contributed by atoms with Gasteiger partial charge in [-0.2, -0.15) is 0 Å². The van der Waals surface area contributed by atoms with E-state index < -0.39 is 35.5 Å². The first-order valence-electron chi connectivity index (χ1n) is 6.77. The third kappa shape index (κ3) is 9.01. The quantitative estimate of drug-likeness (QED) is 0.670. The standard InChI is InChI=1S/C14H24FNO5/c1-9(16-13(20)21-14(2,3)4)11(15)8-10(12(18)19)6-5-7-17/h8-10,17H,5-7H2,1-4H3,(H,16,20)(H,18,19). The number of hydrogen-bond acceptors (Lipinski definition) is 4. The average molecular weight is 305 g/mol. The average Bonchev–Trinajstić information content (AvgIpc) is 2.30. The third-order valence-corrected chi connectivity index (χ3v) is 2.50. The van der Waals surface area contributed by atoms with E-state index in [1.807, 2.05) is 0 Å². The Bertz CT molecular complexity index is 389. The zero-order valence-electron chi connectivity index (χ0n) is 12.9. The summed E-state index contributed by atoms with van der Waals surface area (Å²) in [5, 5.41) is 19.9. The Hall–Kier alpha value is -1.63. The van der Waals surface area contributed by atoms with Crippen LogP contribution < -0.4 is 5.32 Å². The molecule has 6 nitrogen and oxygen atoms in total. The van der Waals surface area contributed by atoms with E-state index in [9.17, 15) is 14.0 Å². The summed E-state index contributed by atoms with van der Waals surface area (Å²) in [6.45, 7) is 6.27. The van der Waals surface area contributed by atoms with E-state index in [2.05, 4.69) is 5.32 Å². The molecule has 0 spiro atoms. The fourth-order valence-corrected chi connectivity index (χ4v) is 1.48. The first-order chi connectivity index (χ1) is 9.56. The van der Waals surface area contributed by atoms with E-state index in [4.69, 9.17) is 14.9 Å². The second-order valence-corrected chi connectivity index (χ2v) is 5.73. The number of halogens is 1. The molecule has 0 heterocycles. The summed E-state index contributed by atoms with van der Waals surface area (Å²) in [7, 11) is 0. The van der Waals surface area contributed by atoms with Gasteiger partial charge >= 0.3 is 12.1 Å². The molecule has 2 atom stereocenters. The minimum atomic E-state index is -1.18. The van der Waals surface area contributed by atoms with E-state index in [0.29, 0.717) is 0 Å². The Labute approximate surface area is 124 Å². The molecular formula is C14H24FNO5. The van der Waals surface area contributed by atoms with Gasteiger partial charge in [0.15, 0.2) is 0 Å². The highest BCUT2D eigenvalue weighted by molar-refractivity contribution is 5.72. The number of nitrogens with one attached hydrogen (secondary N) is 1. The number of aliphatic carboxylic acids is 1. The largest absolute Gasteiger partial charge is 0.481 e. The van der Waals surface area contributed by atoms with E-state index in [0.717, 1.165) is 6.08 Å². The molecule has 0 aromatic rings. The lowest BCUT2D eigenvalue weighted by Crippen LogP contribution is -2.38. The van der Waals surface area contributed by atoms with Gasteiger partial charge in [-0.15, -0.1) is 0 Å². The zero-order valence-corrected chi connectivity index (χ0v) is 12.9. The summed E-state index contributed by atoms with van der Waals surface area (Å²) >= 11 is 0. The molecular weight excluding hydrogens is 281 g/mol. The van der Waals surface area contributed by atoms with Gasteiger partial charge in [0.05, 0.1) is 12.0 Å². The number of rotatable bonds is 7. The first kappa shape index (κ1) is 19.4. The lowest BCUT2D eigenvalue weighted by atomic mass is 10.0. The maximum Gasteiger partial charge on any atom is 0.408 e. The Kier molecular flexibility index (Phi) is 7.94. The number of hydrogen-bond donors (Lipinski definition) is 3. The van der Waals surface area contributed by atoms with E-state index in [-0.39, 0.29) is 19.4 Å². The minimum absolute atomic E-state index is 0.123. The molecule has 2 unspecified atom stereocenters. The predicted molar refractivity (Wildman–Crippen MR) is 75.5 cm³/mol. The van der Waals surface area contributed by atoms with Gasteiger partial charge in [0.1, 0.15) is 11.4 Å². The zero-order chi connectivity index (χ0) is 16.6. The monoisotopic (exact) mass is 305 g/mol. The van der Waals surface area contributed by atoms with Crippen molar-refractivity contribution in [3.8, 4) is 0 Å². The van der Waals surface area contributed by atoms with Crippen molar-refractivity contribution >= 4 is 12.1 Å². The van der Waals surface area contributed by atoms with Crippen molar-refractivity contribution in [2.24, 2.45) is 5.92 Å². The van der Waals surface area contributed by atoms with Crippen LogP contribution in [0.2, 0.25) is 0 Å². The van der Waals surface area contributed by atoms with Gasteiger partial charge in [-0.1, -0.05) is 0 Å². The summed E-state index contributed by atoms with van der Waals surface area (Å²) in [6, 6.07) is -0.990. The number of alkyl carbamates (subject to hydrolysis) is 1. The van der Waals surface area contributed by atoms with E-state index in [1.54, 1.807) is 20.8 Å². The van der Waals surface area contributed by atoms with Crippen molar-refractivity contribution < 1.29 is 28.9 Å². The van der Waals surface area contributed by atoms with E-state index in [1.165, 1.54) is 6.92 Å². The molecule has 1 amide bonds. The van der Waals surface area contributed by atoms with Crippen LogP contribution in [-0.4, -0.2) is 40.5 Å². The number of carboxylic acid groups (broad SMARTS) is 1. The third-order valence-electron chi connectivity index (χ3n) is 2.50. The fourth-order valence-electron chi connectivity index (χ4n) is 1.48. The van der Waals surface area contributed by atoms with Gasteiger partial charge in [0, 0.05) is 6.61 Å². The van der Waals surface area contributed by atoms with Crippen LogP contribution in [0.1, 0.15) is 40.5 Å². The van der Waals surface area contributed by atoms with Crippen molar-refractivity contribution in [2.75, 3.05) is 6.61 Å². The van der Waals surface area contributed by atoms with Crippen LogP contribution in [0.15, 0.2) is 11.9 Å². The molecule has 21 heavy (non-hydrogen) atoms. The minimum Gasteiger partial charge on any atom is -0.481 e. The van der Waals surface area contributed by atoms with Gasteiger partial charge in [-0.3, -0.25) is 4.79 Å². The lowest BCUT2D eigenvalue weighted by Gasteiger charge is -2.21. The van der Waals surface area contributed by atoms with Crippen LogP contribution >= 0.6 is 0 Å². The van der Waals surface area contributed by atoms with Crippen LogP contribution in [0.3, 0.4) is 0 Å². The maximum atomic E-state index is 13.9. The van der Waals surface area contributed by atoms with Crippen molar-refractivity contribution in [3.63, 3.8) is 0 Å². The van der Waals surface area contributed by atoms with Crippen LogP contribution in [0.5, 0.6) is 0 Å². The smallest absolute Gasteiger partial charge is 0.408 e. The Morgan fingerprint density at radius 3 is 2.38 bits per heavy atom. The number of aliphatic hydroxyl groups is 1. The summed E-state index contributed by atoms with van der Waals surface area (Å²) < 4.78 is 18.9. The molecule has 122 valence electrons. The van der Waals surface area contributed by atoms with Crippen LogP contribution in [-0.2, 0) is 9.53 Å². The number of amides is 1. The molecule has 0 aromatic heterocycles. The summed E-state index contributed by atoms with van der Waals surface area (Å²) in [5.41, 5.74) is -0.700. The maximum absolute atomic E-state index is 13.9. The number of carbonyl (C=O) groups is 2. The summed E-state index contributed by atoms with van der Waals surface area (Å²) in [4.78, 5) is 22.5. The topological polar surface area (TPSA) is 95.9 Å². The van der Waals surface area contributed by atoms with Crippen LogP contribution in [0.25, 0.3) is 0 Å². The fraction of sp³-hybridized carbons (Fsp3) is 0.714. The van der Waals surface area contributed by atoms with E-state index >= 15 is 0 Å². The highest BCUT2D eigenvalue weighted by atomic mass is 19.1. The second-order valence-electron chi connectivity index (χ2n) is 5.73. The number of ether oxygens (including phenoxy) is 1. The number of carboxylic acids is 1. The predicted octanol–water partition coefficient (Wildman–Crippen LogP) is 2.23. The molecule has 0 aromatic carbocycles. The van der Waals surface area contributed by atoms with Gasteiger partial charge in [-0.25, -0.2) is 9.18 Å².